The van der Waals surface area contributed by atoms with Gasteiger partial charge in [-0.2, -0.15) is 0 Å². The van der Waals surface area contributed by atoms with Crippen LogP contribution in [0.3, 0.4) is 0 Å². The Bertz CT molecular complexity index is 1380. The number of aromatic nitrogens is 1. The molecule has 184 valence electrons. The summed E-state index contributed by atoms with van der Waals surface area (Å²) in [6.07, 6.45) is 9.36. The van der Waals surface area contributed by atoms with Crippen molar-refractivity contribution in [3.05, 3.63) is 100 Å². The van der Waals surface area contributed by atoms with Crippen LogP contribution in [-0.4, -0.2) is 12.4 Å². The lowest BCUT2D eigenvalue weighted by molar-refractivity contribution is 0.589. The number of para-hydroxylation sites is 1. The number of fused-ring (bicyclic) bond motifs is 1. The zero-order valence-electron chi connectivity index (χ0n) is 21.5. The van der Waals surface area contributed by atoms with Crippen LogP contribution >= 0.6 is 0 Å². The first kappa shape index (κ1) is 25.2. The summed E-state index contributed by atoms with van der Waals surface area (Å²) in [4.78, 5) is 0.318. The average molecular weight is 488 g/mol. The average Bonchev–Trinajstić information content (AvgIpc) is 3.22. The van der Waals surface area contributed by atoms with Gasteiger partial charge in [0.05, 0.1) is 10.4 Å². The second-order valence-electron chi connectivity index (χ2n) is 9.73. The summed E-state index contributed by atoms with van der Waals surface area (Å²) in [5.74, 6) is 0. The van der Waals surface area contributed by atoms with Gasteiger partial charge in [0.1, 0.15) is 0 Å². The van der Waals surface area contributed by atoms with Crippen LogP contribution in [0.5, 0.6) is 0 Å². The van der Waals surface area contributed by atoms with Crippen molar-refractivity contribution in [2.24, 2.45) is 0 Å². The lowest BCUT2D eigenvalue weighted by Crippen LogP contribution is -2.11. The van der Waals surface area contributed by atoms with E-state index in [2.05, 4.69) is 39.0 Å². The normalized spacial score (nSPS) is 11.9. The molecule has 1 aromatic heterocycles. The van der Waals surface area contributed by atoms with E-state index >= 15 is 0 Å². The lowest BCUT2D eigenvalue weighted by Gasteiger charge is -2.17. The van der Waals surface area contributed by atoms with E-state index in [0.717, 1.165) is 67.0 Å². The first-order valence-corrected chi connectivity index (χ1v) is 14.3. The van der Waals surface area contributed by atoms with E-state index in [1.54, 1.807) is 12.1 Å². The standard InChI is InChI=1S/C31H37NO2S/c1-5-7-11-25-19-24(4)20-26(12-8-6-2)30(25)21-27-22-32(31-14-10-9-13-29(27)31)35(33,34)28-17-15-23(3)16-18-28/h9-10,13-20,22H,5-8,11-12,21H2,1-4H3. The van der Waals surface area contributed by atoms with E-state index in [0.29, 0.717) is 4.90 Å². The number of hydrogen-bond donors (Lipinski definition) is 0. The third-order valence-electron chi connectivity index (χ3n) is 6.88. The molecule has 0 saturated carbocycles. The molecule has 4 heteroatoms. The van der Waals surface area contributed by atoms with Crippen LogP contribution in [0.4, 0.5) is 0 Å². The number of rotatable bonds is 10. The summed E-state index contributed by atoms with van der Waals surface area (Å²) in [6.45, 7) is 8.62. The van der Waals surface area contributed by atoms with Crippen LogP contribution in [0.1, 0.15) is 72.9 Å². The van der Waals surface area contributed by atoms with Gasteiger partial charge in [0.15, 0.2) is 0 Å². The number of aryl methyl sites for hydroxylation is 4. The van der Waals surface area contributed by atoms with Gasteiger partial charge in [-0.05, 0) is 80.0 Å². The second-order valence-corrected chi connectivity index (χ2v) is 11.5. The highest BCUT2D eigenvalue weighted by Gasteiger charge is 2.22. The third-order valence-corrected chi connectivity index (χ3v) is 8.57. The molecule has 0 fully saturated rings. The molecule has 4 rings (SSSR count). The minimum Gasteiger partial charge on any atom is -0.241 e. The first-order valence-electron chi connectivity index (χ1n) is 12.9. The highest BCUT2D eigenvalue weighted by molar-refractivity contribution is 7.90. The summed E-state index contributed by atoms with van der Waals surface area (Å²) in [5, 5.41) is 1.01. The minimum absolute atomic E-state index is 0.318. The molecule has 0 aliphatic rings. The van der Waals surface area contributed by atoms with Crippen molar-refractivity contribution >= 4 is 20.9 Å². The zero-order chi connectivity index (χ0) is 25.0. The van der Waals surface area contributed by atoms with E-state index < -0.39 is 10.0 Å². The van der Waals surface area contributed by atoms with Crippen LogP contribution < -0.4 is 0 Å². The number of hydrogen-bond acceptors (Lipinski definition) is 2. The Kier molecular flexibility index (Phi) is 7.81. The quantitative estimate of drug-likeness (QED) is 0.229. The molecule has 0 N–H and O–H groups in total. The topological polar surface area (TPSA) is 39.1 Å². The van der Waals surface area contributed by atoms with Crippen molar-refractivity contribution in [2.45, 2.75) is 77.5 Å². The number of nitrogens with zero attached hydrogens (tertiary/aromatic N) is 1. The van der Waals surface area contributed by atoms with Gasteiger partial charge in [0.25, 0.3) is 10.0 Å². The van der Waals surface area contributed by atoms with Gasteiger partial charge in [-0.25, -0.2) is 12.4 Å². The van der Waals surface area contributed by atoms with Crippen LogP contribution in [0.15, 0.2) is 71.8 Å². The molecule has 3 aromatic carbocycles. The summed E-state index contributed by atoms with van der Waals surface area (Å²) in [6, 6.07) is 19.7. The Morgan fingerprint density at radius 2 is 1.34 bits per heavy atom. The maximum Gasteiger partial charge on any atom is 0.268 e. The zero-order valence-corrected chi connectivity index (χ0v) is 22.3. The third kappa shape index (κ3) is 5.38. The molecule has 0 spiro atoms. The van der Waals surface area contributed by atoms with Gasteiger partial charge in [-0.15, -0.1) is 0 Å². The van der Waals surface area contributed by atoms with Crippen molar-refractivity contribution < 1.29 is 8.42 Å². The van der Waals surface area contributed by atoms with E-state index in [-0.39, 0.29) is 0 Å². The molecular formula is C31H37NO2S. The second kappa shape index (κ2) is 10.8. The molecule has 0 saturated heterocycles. The molecular weight excluding hydrogens is 450 g/mol. The van der Waals surface area contributed by atoms with E-state index in [9.17, 15) is 8.42 Å². The molecule has 0 unspecified atom stereocenters. The highest BCUT2D eigenvalue weighted by atomic mass is 32.2. The van der Waals surface area contributed by atoms with Crippen LogP contribution in [0.2, 0.25) is 0 Å². The van der Waals surface area contributed by atoms with Crippen LogP contribution in [0.25, 0.3) is 10.9 Å². The molecule has 0 amide bonds. The fourth-order valence-electron chi connectivity index (χ4n) is 4.95. The number of unbranched alkanes of at least 4 members (excludes halogenated alkanes) is 2. The van der Waals surface area contributed by atoms with Crippen molar-refractivity contribution in [1.82, 2.24) is 3.97 Å². The largest absolute Gasteiger partial charge is 0.268 e. The predicted octanol–water partition coefficient (Wildman–Crippen LogP) is 7.77. The Balaban J connectivity index is 1.85. The maximum atomic E-state index is 13.6. The predicted molar refractivity (Wildman–Crippen MR) is 147 cm³/mol. The summed E-state index contributed by atoms with van der Waals surface area (Å²) in [7, 11) is -3.69. The molecule has 4 aromatic rings. The van der Waals surface area contributed by atoms with Gasteiger partial charge < -0.3 is 0 Å². The Hall–Kier alpha value is -2.85. The molecule has 0 aliphatic carbocycles. The van der Waals surface area contributed by atoms with Gasteiger partial charge >= 0.3 is 0 Å². The molecule has 35 heavy (non-hydrogen) atoms. The Morgan fingerprint density at radius 1 is 0.743 bits per heavy atom. The molecule has 0 radical (unpaired) electrons. The molecule has 0 atom stereocenters. The van der Waals surface area contributed by atoms with Crippen molar-refractivity contribution in [3.8, 4) is 0 Å². The van der Waals surface area contributed by atoms with Gasteiger partial charge in [-0.1, -0.05) is 80.3 Å². The highest BCUT2D eigenvalue weighted by Crippen LogP contribution is 2.31. The number of benzene rings is 3. The first-order chi connectivity index (χ1) is 16.8. The summed E-state index contributed by atoms with van der Waals surface area (Å²) < 4.78 is 28.8. The molecule has 1 heterocycles. The summed E-state index contributed by atoms with van der Waals surface area (Å²) in [5.41, 5.74) is 8.37. The Morgan fingerprint density at radius 3 is 1.94 bits per heavy atom. The van der Waals surface area contributed by atoms with E-state index in [4.69, 9.17) is 0 Å². The monoisotopic (exact) mass is 487 g/mol. The fourth-order valence-corrected chi connectivity index (χ4v) is 6.34. The van der Waals surface area contributed by atoms with Crippen molar-refractivity contribution in [2.75, 3.05) is 0 Å². The smallest absolute Gasteiger partial charge is 0.241 e. The van der Waals surface area contributed by atoms with Crippen molar-refractivity contribution in [1.29, 1.82) is 0 Å². The van der Waals surface area contributed by atoms with Crippen molar-refractivity contribution in [3.63, 3.8) is 0 Å². The Labute approximate surface area is 210 Å². The van der Waals surface area contributed by atoms with E-state index in [1.807, 2.05) is 43.5 Å². The maximum absolute atomic E-state index is 13.6. The van der Waals surface area contributed by atoms with Gasteiger partial charge in [-0.3, -0.25) is 0 Å². The van der Waals surface area contributed by atoms with Gasteiger partial charge in [0.2, 0.25) is 0 Å². The molecule has 3 nitrogen and oxygen atoms in total. The van der Waals surface area contributed by atoms with Crippen LogP contribution in [0, 0.1) is 13.8 Å². The molecule has 0 bridgehead atoms. The summed E-state index contributed by atoms with van der Waals surface area (Å²) >= 11 is 0. The minimum atomic E-state index is -3.69. The van der Waals surface area contributed by atoms with E-state index in [1.165, 1.54) is 26.2 Å². The molecule has 0 aliphatic heterocycles. The SMILES string of the molecule is CCCCc1cc(C)cc(CCCC)c1Cc1cn(S(=O)(=O)c2ccc(C)cc2)c2ccccc12. The van der Waals surface area contributed by atoms with Gasteiger partial charge in [0, 0.05) is 18.0 Å². The fraction of sp³-hybridized carbons (Fsp3) is 0.355. The lowest BCUT2D eigenvalue weighted by atomic mass is 9.88. The van der Waals surface area contributed by atoms with Crippen LogP contribution in [-0.2, 0) is 29.3 Å².